The third-order valence-corrected chi connectivity index (χ3v) is 5.46. The topological polar surface area (TPSA) is 54.9 Å². The lowest BCUT2D eigenvalue weighted by Gasteiger charge is -2.21. The first-order chi connectivity index (χ1) is 13.9. The highest BCUT2D eigenvalue weighted by molar-refractivity contribution is 7.22. The summed E-state index contributed by atoms with van der Waals surface area (Å²) in [7, 11) is 7.03. The first-order valence-electron chi connectivity index (χ1n) is 9.17. The van der Waals surface area contributed by atoms with E-state index in [2.05, 4.69) is 9.88 Å². The van der Waals surface area contributed by atoms with E-state index in [9.17, 15) is 9.18 Å². The molecule has 0 unspecified atom stereocenters. The maximum absolute atomic E-state index is 14.1. The van der Waals surface area contributed by atoms with Gasteiger partial charge in [-0.05, 0) is 51.3 Å². The summed E-state index contributed by atoms with van der Waals surface area (Å²) in [6, 6.07) is 9.86. The zero-order chi connectivity index (χ0) is 21.0. The Labute approximate surface area is 173 Å². The van der Waals surface area contributed by atoms with E-state index in [0.717, 1.165) is 13.0 Å². The van der Waals surface area contributed by atoms with Gasteiger partial charge in [-0.2, -0.15) is 0 Å². The number of ether oxygens (including phenoxy) is 2. The molecule has 0 N–H and O–H groups in total. The van der Waals surface area contributed by atoms with Crippen LogP contribution in [0.4, 0.5) is 9.52 Å². The third kappa shape index (κ3) is 4.83. The summed E-state index contributed by atoms with van der Waals surface area (Å²) in [5, 5.41) is 0.468. The number of fused-ring (bicyclic) bond motifs is 1. The van der Waals surface area contributed by atoms with Gasteiger partial charge in [0.25, 0.3) is 5.91 Å². The summed E-state index contributed by atoms with van der Waals surface area (Å²) < 4.78 is 25.4. The zero-order valence-corrected chi connectivity index (χ0v) is 17.8. The first kappa shape index (κ1) is 21.0. The van der Waals surface area contributed by atoms with Crippen LogP contribution in [-0.2, 0) is 0 Å². The van der Waals surface area contributed by atoms with Crippen molar-refractivity contribution in [3.63, 3.8) is 0 Å². The first-order valence-corrected chi connectivity index (χ1v) is 9.99. The van der Waals surface area contributed by atoms with E-state index in [-0.39, 0.29) is 11.4 Å². The number of thiazole rings is 1. The lowest BCUT2D eigenvalue weighted by atomic mass is 10.1. The molecule has 2 aromatic carbocycles. The molecule has 0 atom stereocenters. The van der Waals surface area contributed by atoms with Crippen molar-refractivity contribution in [1.82, 2.24) is 9.88 Å². The molecule has 0 saturated heterocycles. The highest BCUT2D eigenvalue weighted by Gasteiger charge is 2.23. The van der Waals surface area contributed by atoms with Crippen LogP contribution in [0.15, 0.2) is 36.4 Å². The van der Waals surface area contributed by atoms with Crippen molar-refractivity contribution in [2.75, 3.05) is 46.3 Å². The van der Waals surface area contributed by atoms with E-state index in [1.165, 1.54) is 31.6 Å². The summed E-state index contributed by atoms with van der Waals surface area (Å²) in [4.78, 5) is 21.5. The molecule has 6 nitrogen and oxygen atoms in total. The number of nitrogens with zero attached hydrogens (tertiary/aromatic N) is 3. The molecule has 3 rings (SSSR count). The van der Waals surface area contributed by atoms with E-state index in [4.69, 9.17) is 9.47 Å². The van der Waals surface area contributed by atoms with Gasteiger partial charge < -0.3 is 14.4 Å². The number of hydrogen-bond donors (Lipinski definition) is 0. The van der Waals surface area contributed by atoms with Crippen LogP contribution in [0.2, 0.25) is 0 Å². The van der Waals surface area contributed by atoms with Crippen molar-refractivity contribution >= 4 is 32.6 Å². The Morgan fingerprint density at radius 3 is 2.38 bits per heavy atom. The third-order valence-electron chi connectivity index (χ3n) is 4.42. The smallest absolute Gasteiger partial charge is 0.260 e. The van der Waals surface area contributed by atoms with Crippen LogP contribution < -0.4 is 14.4 Å². The van der Waals surface area contributed by atoms with E-state index >= 15 is 0 Å². The van der Waals surface area contributed by atoms with Crippen LogP contribution in [0, 0.1) is 5.82 Å². The largest absolute Gasteiger partial charge is 0.497 e. The number of carbonyl (C=O) groups is 1. The van der Waals surface area contributed by atoms with Gasteiger partial charge in [-0.15, -0.1) is 0 Å². The fourth-order valence-electron chi connectivity index (χ4n) is 2.93. The maximum Gasteiger partial charge on any atom is 0.260 e. The molecule has 0 saturated carbocycles. The van der Waals surface area contributed by atoms with Crippen molar-refractivity contribution in [2.45, 2.75) is 6.42 Å². The molecule has 8 heteroatoms. The quantitative estimate of drug-likeness (QED) is 0.553. The summed E-state index contributed by atoms with van der Waals surface area (Å²) >= 11 is 1.30. The molecule has 1 aromatic heterocycles. The maximum atomic E-state index is 14.1. The van der Waals surface area contributed by atoms with Gasteiger partial charge in [0, 0.05) is 18.2 Å². The predicted octanol–water partition coefficient (Wildman–Crippen LogP) is 4.05. The molecule has 0 aliphatic carbocycles. The summed E-state index contributed by atoms with van der Waals surface area (Å²) in [5.41, 5.74) is 0.701. The molecular weight excluding hydrogens is 393 g/mol. The summed E-state index contributed by atoms with van der Waals surface area (Å²) in [5.74, 6) is 0.418. The Kier molecular flexibility index (Phi) is 6.66. The van der Waals surface area contributed by atoms with Gasteiger partial charge >= 0.3 is 0 Å². The number of aromatic nitrogens is 1. The zero-order valence-electron chi connectivity index (χ0n) is 16.9. The van der Waals surface area contributed by atoms with Gasteiger partial charge in [-0.3, -0.25) is 9.69 Å². The summed E-state index contributed by atoms with van der Waals surface area (Å²) in [6.07, 6.45) is 0.748. The lowest BCUT2D eigenvalue weighted by Crippen LogP contribution is -2.33. The van der Waals surface area contributed by atoms with Crippen molar-refractivity contribution in [2.24, 2.45) is 0 Å². The molecule has 0 spiro atoms. The Morgan fingerprint density at radius 1 is 1.10 bits per heavy atom. The van der Waals surface area contributed by atoms with Gasteiger partial charge in [0.2, 0.25) is 0 Å². The van der Waals surface area contributed by atoms with Crippen LogP contribution in [0.3, 0.4) is 0 Å². The second kappa shape index (κ2) is 9.19. The molecule has 0 fully saturated rings. The number of amides is 1. The monoisotopic (exact) mass is 417 g/mol. The van der Waals surface area contributed by atoms with Crippen LogP contribution in [0.25, 0.3) is 10.2 Å². The molecule has 1 amide bonds. The average Bonchev–Trinajstić information content (AvgIpc) is 3.15. The van der Waals surface area contributed by atoms with Crippen LogP contribution >= 0.6 is 11.3 Å². The highest BCUT2D eigenvalue weighted by atomic mass is 32.1. The van der Waals surface area contributed by atoms with Crippen LogP contribution in [-0.4, -0.2) is 57.2 Å². The number of anilines is 1. The Bertz CT molecular complexity index is 984. The number of methoxy groups -OCH3 is 2. The normalized spacial score (nSPS) is 11.1. The number of hydrogen-bond acceptors (Lipinski definition) is 6. The number of carbonyl (C=O) groups excluding carboxylic acids is 1. The van der Waals surface area contributed by atoms with Gasteiger partial charge in [0.05, 0.1) is 18.9 Å². The molecule has 0 bridgehead atoms. The Balaban J connectivity index is 2.00. The van der Waals surface area contributed by atoms with Crippen molar-refractivity contribution in [3.05, 3.63) is 47.8 Å². The average molecular weight is 418 g/mol. The molecule has 0 aliphatic heterocycles. The van der Waals surface area contributed by atoms with E-state index in [0.29, 0.717) is 33.4 Å². The van der Waals surface area contributed by atoms with Crippen LogP contribution in [0.5, 0.6) is 11.5 Å². The Morgan fingerprint density at radius 2 is 1.79 bits per heavy atom. The fourth-order valence-corrected chi connectivity index (χ4v) is 3.94. The second-order valence-electron chi connectivity index (χ2n) is 6.80. The minimum absolute atomic E-state index is 0.236. The fraction of sp³-hybridized carbons (Fsp3) is 0.333. The lowest BCUT2D eigenvalue weighted by molar-refractivity contribution is 0.0985. The molecule has 3 aromatic rings. The van der Waals surface area contributed by atoms with E-state index < -0.39 is 5.82 Å². The van der Waals surface area contributed by atoms with Crippen molar-refractivity contribution < 1.29 is 18.7 Å². The molecule has 0 aliphatic rings. The van der Waals surface area contributed by atoms with Gasteiger partial charge in [-0.25, -0.2) is 9.37 Å². The number of benzene rings is 2. The minimum Gasteiger partial charge on any atom is -0.497 e. The second-order valence-corrected chi connectivity index (χ2v) is 7.81. The predicted molar refractivity (Wildman–Crippen MR) is 114 cm³/mol. The highest BCUT2D eigenvalue weighted by Crippen LogP contribution is 2.32. The van der Waals surface area contributed by atoms with Gasteiger partial charge in [0.1, 0.15) is 22.8 Å². The molecule has 154 valence electrons. The van der Waals surface area contributed by atoms with Gasteiger partial charge in [0.15, 0.2) is 5.13 Å². The molecular formula is C21H24FN3O3S. The standard InChI is InChI=1S/C21H24FN3O3S/c1-24(2)9-6-10-25(21-23-19-17(22)7-5-8-18(19)29-21)20(26)14-11-15(27-3)13-16(12-14)28-4/h5,7-8,11-13H,6,9-10H2,1-4H3. The molecule has 29 heavy (non-hydrogen) atoms. The molecule has 0 radical (unpaired) electrons. The number of para-hydroxylation sites is 1. The van der Waals surface area contributed by atoms with Crippen molar-refractivity contribution in [1.29, 1.82) is 0 Å². The van der Waals surface area contributed by atoms with E-state index in [1.807, 2.05) is 14.1 Å². The number of halogens is 1. The van der Waals surface area contributed by atoms with Crippen molar-refractivity contribution in [3.8, 4) is 11.5 Å². The molecule has 1 heterocycles. The Hall–Kier alpha value is -2.71. The van der Waals surface area contributed by atoms with Gasteiger partial charge in [-0.1, -0.05) is 17.4 Å². The minimum atomic E-state index is -0.395. The summed E-state index contributed by atoms with van der Waals surface area (Å²) in [6.45, 7) is 1.27. The number of rotatable bonds is 8. The van der Waals surface area contributed by atoms with E-state index in [1.54, 1.807) is 35.2 Å². The SMILES string of the molecule is COc1cc(OC)cc(C(=O)N(CCCN(C)C)c2nc3c(F)cccc3s2)c1. The van der Waals surface area contributed by atoms with Crippen LogP contribution in [0.1, 0.15) is 16.8 Å².